The van der Waals surface area contributed by atoms with Gasteiger partial charge in [0.1, 0.15) is 0 Å². The van der Waals surface area contributed by atoms with E-state index in [2.05, 4.69) is 10.5 Å². The van der Waals surface area contributed by atoms with Crippen molar-refractivity contribution in [3.63, 3.8) is 0 Å². The Balaban J connectivity index is 1.87. The summed E-state index contributed by atoms with van der Waals surface area (Å²) in [5, 5.41) is 7.42. The van der Waals surface area contributed by atoms with Gasteiger partial charge in [0.05, 0.1) is 11.8 Å². The van der Waals surface area contributed by atoms with E-state index < -0.39 is 0 Å². The van der Waals surface area contributed by atoms with Crippen LogP contribution < -0.4 is 10.2 Å². The molecule has 5 nitrogen and oxygen atoms in total. The fourth-order valence-electron chi connectivity index (χ4n) is 3.29. The van der Waals surface area contributed by atoms with Crippen LogP contribution in [0.25, 0.3) is 0 Å². The molecule has 2 aromatic rings. The van der Waals surface area contributed by atoms with Crippen LogP contribution >= 0.6 is 0 Å². The number of rotatable bonds is 8. The monoisotopic (exact) mass is 377 g/mol. The number of anilines is 1. The molecule has 2 atom stereocenters. The average molecular weight is 377 g/mol. The second kappa shape index (κ2) is 9.33. The summed E-state index contributed by atoms with van der Waals surface area (Å²) < 4.78 is 0. The highest BCUT2D eigenvalue weighted by Gasteiger charge is 2.43. The van der Waals surface area contributed by atoms with Crippen molar-refractivity contribution in [1.29, 1.82) is 0 Å². The summed E-state index contributed by atoms with van der Waals surface area (Å²) in [6, 6.07) is 19.7. The first-order chi connectivity index (χ1) is 13.7. The van der Waals surface area contributed by atoms with Crippen LogP contribution in [0.5, 0.6) is 0 Å². The molecule has 0 spiro atoms. The van der Waals surface area contributed by atoms with Gasteiger partial charge in [-0.1, -0.05) is 67.5 Å². The lowest BCUT2D eigenvalue weighted by Gasteiger charge is -2.43. The van der Waals surface area contributed by atoms with Crippen molar-refractivity contribution in [3.8, 4) is 0 Å². The maximum Gasteiger partial charge on any atom is 0.257 e. The molecule has 146 valence electrons. The Hall–Kier alpha value is -2.92. The number of carbonyl (C=O) groups excluding carboxylic acids is 1. The quantitative estimate of drug-likeness (QED) is 0.243. The number of hydrogen-bond donors (Lipinski definition) is 1. The molecule has 1 heterocycles. The Morgan fingerprint density at radius 1 is 1.14 bits per heavy atom. The maximum absolute atomic E-state index is 12.9. The molecule has 1 N–H and O–H groups in total. The predicted octanol–water partition coefficient (Wildman–Crippen LogP) is 4.44. The molecule has 2 aromatic carbocycles. The van der Waals surface area contributed by atoms with Crippen LogP contribution in [-0.2, 0) is 9.63 Å². The van der Waals surface area contributed by atoms with Gasteiger partial charge in [0.25, 0.3) is 5.91 Å². The lowest BCUT2D eigenvalue weighted by atomic mass is 9.86. The van der Waals surface area contributed by atoms with Gasteiger partial charge in [-0.25, -0.2) is 0 Å². The van der Waals surface area contributed by atoms with E-state index in [1.54, 1.807) is 0 Å². The van der Waals surface area contributed by atoms with Crippen molar-refractivity contribution in [2.75, 3.05) is 11.4 Å². The van der Waals surface area contributed by atoms with E-state index in [-0.39, 0.29) is 18.2 Å². The molecule has 1 aliphatic heterocycles. The zero-order chi connectivity index (χ0) is 19.9. The summed E-state index contributed by atoms with van der Waals surface area (Å²) in [6.07, 6.45) is 2.52. The number of β-lactam (4-membered cyclic amide) rings is 1. The van der Waals surface area contributed by atoms with E-state index in [0.29, 0.717) is 5.71 Å². The van der Waals surface area contributed by atoms with Crippen molar-refractivity contribution < 1.29 is 9.63 Å². The minimum absolute atomic E-state index is 0.00618. The highest BCUT2D eigenvalue weighted by Crippen LogP contribution is 2.42. The molecule has 5 heteroatoms. The summed E-state index contributed by atoms with van der Waals surface area (Å²) in [4.78, 5) is 20.3. The highest BCUT2D eigenvalue weighted by molar-refractivity contribution is 6.18. The summed E-state index contributed by atoms with van der Waals surface area (Å²) in [5.41, 5.74) is 3.36. The minimum Gasteiger partial charge on any atom is -0.376 e. The van der Waals surface area contributed by atoms with Gasteiger partial charge in [-0.05, 0) is 43.7 Å². The standard InChI is InChI=1S/C23H27N3O2/c1-4-21(24-5-2)28-25-17(3)16-20-22(18-12-8-6-9-13-18)26(23(20)27)19-14-10-7-11-15-19/h6-16,21-22,24H,4-5H2,1-3H3. The number of nitrogens with zero attached hydrogens (tertiary/aromatic N) is 2. The molecule has 28 heavy (non-hydrogen) atoms. The Morgan fingerprint density at radius 2 is 1.79 bits per heavy atom. The smallest absolute Gasteiger partial charge is 0.257 e. The minimum atomic E-state index is -0.128. The van der Waals surface area contributed by atoms with Crippen LogP contribution in [0, 0.1) is 0 Å². The van der Waals surface area contributed by atoms with Crippen LogP contribution in [0.3, 0.4) is 0 Å². The van der Waals surface area contributed by atoms with Gasteiger partial charge in [-0.3, -0.25) is 15.0 Å². The molecule has 0 bridgehead atoms. The Morgan fingerprint density at radius 3 is 2.39 bits per heavy atom. The molecular weight excluding hydrogens is 350 g/mol. The predicted molar refractivity (Wildman–Crippen MR) is 113 cm³/mol. The van der Waals surface area contributed by atoms with Gasteiger partial charge in [-0.15, -0.1) is 0 Å². The van der Waals surface area contributed by atoms with Crippen LogP contribution in [0.15, 0.2) is 77.5 Å². The zero-order valence-electron chi connectivity index (χ0n) is 16.6. The van der Waals surface area contributed by atoms with Gasteiger partial charge in [0.2, 0.25) is 0 Å². The third-order valence-corrected chi connectivity index (χ3v) is 4.66. The molecule has 0 saturated carbocycles. The molecule has 1 aliphatic rings. The second-order valence-electron chi connectivity index (χ2n) is 6.72. The molecule has 0 radical (unpaired) electrons. The first-order valence-corrected chi connectivity index (χ1v) is 9.74. The van der Waals surface area contributed by atoms with Crippen LogP contribution in [0.1, 0.15) is 38.8 Å². The summed E-state index contributed by atoms with van der Waals surface area (Å²) in [7, 11) is 0. The van der Waals surface area contributed by atoms with E-state index in [4.69, 9.17) is 4.84 Å². The molecule has 0 aliphatic carbocycles. The van der Waals surface area contributed by atoms with E-state index in [1.165, 1.54) is 0 Å². The number of nitrogens with one attached hydrogen (secondary N) is 1. The number of para-hydroxylation sites is 1. The van der Waals surface area contributed by atoms with Crippen LogP contribution in [0.4, 0.5) is 5.69 Å². The maximum atomic E-state index is 12.9. The highest BCUT2D eigenvalue weighted by atomic mass is 16.6. The first-order valence-electron chi connectivity index (χ1n) is 9.74. The second-order valence-corrected chi connectivity index (χ2v) is 6.72. The number of carbonyl (C=O) groups is 1. The van der Waals surface area contributed by atoms with E-state index >= 15 is 0 Å². The number of benzene rings is 2. The number of hydrogen-bond acceptors (Lipinski definition) is 4. The molecule has 1 saturated heterocycles. The lowest BCUT2D eigenvalue weighted by Crippen LogP contribution is -2.49. The molecule has 2 unspecified atom stereocenters. The zero-order valence-corrected chi connectivity index (χ0v) is 16.6. The van der Waals surface area contributed by atoms with Crippen molar-refractivity contribution >= 4 is 17.3 Å². The molecule has 0 aromatic heterocycles. The molecular formula is C23H27N3O2. The van der Waals surface area contributed by atoms with Gasteiger partial charge >= 0.3 is 0 Å². The fourth-order valence-corrected chi connectivity index (χ4v) is 3.29. The fraction of sp³-hybridized carbons (Fsp3) is 0.304. The number of amides is 1. The SMILES string of the molecule is CCNC(CC)ON=C(C)C=C1C(=O)N(c2ccccc2)C1c1ccccc1. The average Bonchev–Trinajstić information content (AvgIpc) is 2.74. The number of allylic oxidation sites excluding steroid dienone is 1. The van der Waals surface area contributed by atoms with Gasteiger partial charge < -0.3 is 4.84 Å². The third-order valence-electron chi connectivity index (χ3n) is 4.66. The summed E-state index contributed by atoms with van der Waals surface area (Å²) in [6.45, 7) is 6.73. The molecule has 3 rings (SSSR count). The van der Waals surface area contributed by atoms with Gasteiger partial charge in [0, 0.05) is 11.3 Å². The van der Waals surface area contributed by atoms with Crippen molar-refractivity contribution in [2.45, 2.75) is 39.5 Å². The van der Waals surface area contributed by atoms with Gasteiger partial charge in [-0.2, -0.15) is 0 Å². The summed E-state index contributed by atoms with van der Waals surface area (Å²) >= 11 is 0. The topological polar surface area (TPSA) is 53.9 Å². The van der Waals surface area contributed by atoms with Gasteiger partial charge in [0.15, 0.2) is 6.23 Å². The van der Waals surface area contributed by atoms with Crippen molar-refractivity contribution in [3.05, 3.63) is 77.9 Å². The normalized spacial score (nSPS) is 19.5. The van der Waals surface area contributed by atoms with E-state index in [1.807, 2.05) is 92.4 Å². The van der Waals surface area contributed by atoms with E-state index in [9.17, 15) is 4.79 Å². The Labute approximate surface area is 166 Å². The summed E-state index contributed by atoms with van der Waals surface area (Å²) in [5.74, 6) is -0.00618. The number of oxime groups is 1. The Bertz CT molecular complexity index is 847. The Kier molecular flexibility index (Phi) is 6.61. The molecule has 1 fully saturated rings. The first kappa shape index (κ1) is 19.8. The lowest BCUT2D eigenvalue weighted by molar-refractivity contribution is -0.119. The van der Waals surface area contributed by atoms with Crippen molar-refractivity contribution in [2.24, 2.45) is 5.16 Å². The van der Waals surface area contributed by atoms with Crippen molar-refractivity contribution in [1.82, 2.24) is 5.32 Å². The largest absolute Gasteiger partial charge is 0.376 e. The molecule has 1 amide bonds. The van der Waals surface area contributed by atoms with Crippen LogP contribution in [0.2, 0.25) is 0 Å². The van der Waals surface area contributed by atoms with Crippen LogP contribution in [-0.4, -0.2) is 24.4 Å². The van der Waals surface area contributed by atoms with E-state index in [0.717, 1.165) is 29.8 Å². The third kappa shape index (κ3) is 4.31.